The zero-order valence-corrected chi connectivity index (χ0v) is 19.2. The molecule has 0 spiro atoms. The molecule has 4 heteroatoms. The molecule has 35 heavy (non-hydrogen) atoms. The van der Waals surface area contributed by atoms with Gasteiger partial charge >= 0.3 is 0 Å². The Hall–Kier alpha value is -4.49. The Morgan fingerprint density at radius 2 is 1.74 bits per heavy atom. The minimum atomic E-state index is -2.57. The highest BCUT2D eigenvalue weighted by molar-refractivity contribution is 6.14. The topological polar surface area (TPSA) is 40.8 Å². The predicted octanol–water partition coefficient (Wildman–Crippen LogP) is 7.53. The van der Waals surface area contributed by atoms with Gasteiger partial charge in [0.2, 0.25) is 5.69 Å². The molecule has 0 fully saturated rings. The first-order chi connectivity index (χ1) is 18.2. The Kier molecular flexibility index (Phi) is 3.98. The van der Waals surface area contributed by atoms with Gasteiger partial charge in [-0.3, -0.25) is 0 Å². The molecule has 4 aromatic carbocycles. The van der Waals surface area contributed by atoms with E-state index in [-0.39, 0.29) is 5.56 Å². The van der Waals surface area contributed by atoms with Crippen molar-refractivity contribution >= 4 is 32.7 Å². The van der Waals surface area contributed by atoms with Crippen molar-refractivity contribution in [2.45, 2.75) is 13.8 Å². The fraction of sp³-hybridized carbons (Fsp3) is 0.0968. The number of furan rings is 1. The fourth-order valence-corrected chi connectivity index (χ4v) is 4.87. The van der Waals surface area contributed by atoms with Gasteiger partial charge in [-0.05, 0) is 53.9 Å². The lowest BCUT2D eigenvalue weighted by Crippen LogP contribution is -2.31. The average Bonchev–Trinajstić information content (AvgIpc) is 3.26. The highest BCUT2D eigenvalue weighted by Crippen LogP contribution is 2.41. The van der Waals surface area contributed by atoms with Crippen LogP contribution in [-0.4, -0.2) is 0 Å². The third-order valence-corrected chi connectivity index (χ3v) is 6.62. The van der Waals surface area contributed by atoms with E-state index in [1.165, 1.54) is 12.3 Å². The van der Waals surface area contributed by atoms with Crippen molar-refractivity contribution in [2.75, 3.05) is 0 Å². The molecule has 0 bridgehead atoms. The number of rotatable bonds is 2. The quantitative estimate of drug-likeness (QED) is 0.251. The number of hydrogen-bond donors (Lipinski definition) is 0. The van der Waals surface area contributed by atoms with Gasteiger partial charge in [0.1, 0.15) is 24.0 Å². The van der Waals surface area contributed by atoms with E-state index in [1.54, 1.807) is 11.6 Å². The lowest BCUT2D eigenvalue weighted by molar-refractivity contribution is -0.661. The highest BCUT2D eigenvalue weighted by Gasteiger charge is 2.23. The molecule has 0 aliphatic heterocycles. The molecule has 2 heterocycles. The number of fused-ring (bicyclic) bond motifs is 4. The third-order valence-electron chi connectivity index (χ3n) is 6.62. The fourth-order valence-electron chi connectivity index (χ4n) is 4.87. The van der Waals surface area contributed by atoms with E-state index < -0.39 is 12.7 Å². The summed E-state index contributed by atoms with van der Waals surface area (Å²) in [6.45, 7) is -0.661. The van der Waals surface area contributed by atoms with Crippen molar-refractivity contribution in [3.8, 4) is 28.5 Å². The van der Waals surface area contributed by atoms with E-state index in [9.17, 15) is 5.26 Å². The largest absolute Gasteiger partial charge is 0.454 e. The standard InChI is InChI=1S/C31H22FN2O/c1-18-8-11-24-26-13-20(16-33)12-25(23-10-9-21-6-4-5-7-22(21)14-23)30(26)35-31(24)29(18)28-15-27(32)19(2)17-34(28)3/h4-15,17H,1-3H3/q+1/i2D3. The summed E-state index contributed by atoms with van der Waals surface area (Å²) < 4.78 is 46.2. The molecule has 0 atom stereocenters. The molecule has 0 aliphatic rings. The van der Waals surface area contributed by atoms with Gasteiger partial charge in [0.05, 0.1) is 17.2 Å². The molecule has 6 aromatic rings. The number of halogens is 1. The zero-order valence-electron chi connectivity index (χ0n) is 22.2. The van der Waals surface area contributed by atoms with Crippen LogP contribution in [0.3, 0.4) is 0 Å². The minimum absolute atomic E-state index is 0.338. The summed E-state index contributed by atoms with van der Waals surface area (Å²) in [5, 5.41) is 13.6. The van der Waals surface area contributed by atoms with Crippen LogP contribution in [0.5, 0.6) is 0 Å². The molecule has 2 aromatic heterocycles. The Labute approximate surface area is 206 Å². The number of aromatic nitrogens is 1. The molecule has 0 aliphatic carbocycles. The van der Waals surface area contributed by atoms with E-state index in [4.69, 9.17) is 8.53 Å². The van der Waals surface area contributed by atoms with Crippen molar-refractivity contribution in [1.29, 1.82) is 5.26 Å². The lowest BCUT2D eigenvalue weighted by Gasteiger charge is -2.06. The Balaban J connectivity index is 1.67. The molecule has 0 radical (unpaired) electrons. The van der Waals surface area contributed by atoms with Crippen molar-refractivity contribution in [3.63, 3.8) is 0 Å². The van der Waals surface area contributed by atoms with Crippen LogP contribution in [0.2, 0.25) is 0 Å². The normalized spacial score (nSPS) is 13.0. The van der Waals surface area contributed by atoms with Gasteiger partial charge in [-0.1, -0.05) is 48.5 Å². The second-order valence-electron chi connectivity index (χ2n) is 8.84. The van der Waals surface area contributed by atoms with Crippen LogP contribution < -0.4 is 4.57 Å². The highest BCUT2D eigenvalue weighted by atomic mass is 19.1. The Bertz CT molecular complexity index is 1970. The summed E-state index contributed by atoms with van der Waals surface area (Å²) in [6, 6.07) is 25.2. The smallest absolute Gasteiger partial charge is 0.219 e. The van der Waals surface area contributed by atoms with Crippen LogP contribution in [0.15, 0.2) is 83.4 Å². The number of nitrogens with zero attached hydrogens (tertiary/aromatic N) is 2. The molecule has 0 N–H and O–H groups in total. The summed E-state index contributed by atoms with van der Waals surface area (Å²) >= 11 is 0. The molecular weight excluding hydrogens is 435 g/mol. The molecular formula is C31H22FN2O+. The molecule has 168 valence electrons. The third kappa shape index (κ3) is 3.28. The number of nitriles is 1. The molecule has 0 saturated heterocycles. The van der Waals surface area contributed by atoms with Crippen LogP contribution in [0.4, 0.5) is 4.39 Å². The number of aryl methyl sites for hydroxylation is 3. The lowest BCUT2D eigenvalue weighted by atomic mass is 9.96. The molecule has 6 rings (SSSR count). The van der Waals surface area contributed by atoms with Crippen molar-refractivity contribution < 1.29 is 17.5 Å². The van der Waals surface area contributed by atoms with E-state index in [0.717, 1.165) is 38.2 Å². The maximum absolute atomic E-state index is 15.0. The van der Waals surface area contributed by atoms with Gasteiger partial charge in [-0.25, -0.2) is 8.96 Å². The summed E-state index contributed by atoms with van der Waals surface area (Å²) in [6.07, 6.45) is 1.31. The van der Waals surface area contributed by atoms with E-state index in [0.29, 0.717) is 28.0 Å². The molecule has 0 unspecified atom stereocenters. The second-order valence-corrected chi connectivity index (χ2v) is 8.84. The van der Waals surface area contributed by atoms with Crippen molar-refractivity contribution in [2.24, 2.45) is 7.05 Å². The van der Waals surface area contributed by atoms with Gasteiger partial charge in [0.25, 0.3) is 0 Å². The predicted molar refractivity (Wildman–Crippen MR) is 137 cm³/mol. The maximum Gasteiger partial charge on any atom is 0.219 e. The Morgan fingerprint density at radius 1 is 0.914 bits per heavy atom. The van der Waals surface area contributed by atoms with Gasteiger partial charge in [0.15, 0.2) is 6.20 Å². The zero-order chi connectivity index (χ0) is 26.8. The van der Waals surface area contributed by atoms with Crippen LogP contribution >= 0.6 is 0 Å². The van der Waals surface area contributed by atoms with Crippen LogP contribution in [-0.2, 0) is 7.05 Å². The first kappa shape index (κ1) is 17.9. The van der Waals surface area contributed by atoms with E-state index in [2.05, 4.69) is 12.1 Å². The van der Waals surface area contributed by atoms with Crippen LogP contribution in [0, 0.1) is 30.9 Å². The number of hydrogen-bond acceptors (Lipinski definition) is 2. The number of benzene rings is 4. The summed E-state index contributed by atoms with van der Waals surface area (Å²) in [5.41, 5.74) is 5.06. The average molecular weight is 461 g/mol. The minimum Gasteiger partial charge on any atom is -0.454 e. The van der Waals surface area contributed by atoms with Gasteiger partial charge in [-0.2, -0.15) is 5.26 Å². The van der Waals surface area contributed by atoms with E-state index in [1.807, 2.05) is 67.6 Å². The molecule has 3 nitrogen and oxygen atoms in total. The number of pyridine rings is 1. The van der Waals surface area contributed by atoms with Gasteiger partial charge in [-0.15, -0.1) is 0 Å². The van der Waals surface area contributed by atoms with Gasteiger partial charge < -0.3 is 4.42 Å². The summed E-state index contributed by atoms with van der Waals surface area (Å²) in [5.74, 6) is -0.797. The second kappa shape index (κ2) is 7.78. The van der Waals surface area contributed by atoms with E-state index >= 15 is 4.39 Å². The van der Waals surface area contributed by atoms with Crippen LogP contribution in [0.25, 0.3) is 55.1 Å². The monoisotopic (exact) mass is 460 g/mol. The summed E-state index contributed by atoms with van der Waals surface area (Å²) in [7, 11) is 1.69. The molecule has 0 saturated carbocycles. The Morgan fingerprint density at radius 3 is 2.54 bits per heavy atom. The first-order valence-electron chi connectivity index (χ1n) is 12.7. The van der Waals surface area contributed by atoms with Gasteiger partial charge in [0, 0.05) is 32.1 Å². The maximum atomic E-state index is 15.0. The first-order valence-corrected chi connectivity index (χ1v) is 11.2. The SMILES string of the molecule is [2H]C([2H])([2H])c1c[n+](C)c(-c2c(C)ccc3c2oc2c(-c4ccc5ccccc5c4)cc(C#N)cc23)cc1F. The van der Waals surface area contributed by atoms with Crippen molar-refractivity contribution in [3.05, 3.63) is 102 Å². The van der Waals surface area contributed by atoms with Crippen LogP contribution in [0.1, 0.15) is 20.8 Å². The molecule has 0 amide bonds. The summed E-state index contributed by atoms with van der Waals surface area (Å²) in [4.78, 5) is 0. The van der Waals surface area contributed by atoms with Crippen molar-refractivity contribution in [1.82, 2.24) is 0 Å².